The van der Waals surface area contributed by atoms with E-state index in [9.17, 15) is 9.59 Å². The fourth-order valence-electron chi connectivity index (χ4n) is 3.64. The van der Waals surface area contributed by atoms with Crippen LogP contribution in [0.2, 0.25) is 0 Å². The normalized spacial score (nSPS) is 10.4. The van der Waals surface area contributed by atoms with Crippen molar-refractivity contribution in [2.24, 2.45) is 0 Å². The Hall–Kier alpha value is -4.10. The number of unbranched alkanes of at least 4 members (excludes halogenated alkanes) is 1. The third-order valence-electron chi connectivity index (χ3n) is 5.57. The second-order valence-corrected chi connectivity index (χ2v) is 9.28. The lowest BCUT2D eigenvalue weighted by Gasteiger charge is -2.14. The van der Waals surface area contributed by atoms with E-state index in [1.54, 1.807) is 36.4 Å². The quantitative estimate of drug-likeness (QED) is 0.173. The fourth-order valence-corrected chi connectivity index (χ4v) is 4.00. The molecule has 4 aromatic carbocycles. The number of hydrogen-bond acceptors (Lipinski definition) is 4. The molecule has 0 saturated heterocycles. The number of carbonyl (C=O) groups is 2. The van der Waals surface area contributed by atoms with Crippen LogP contribution in [0.5, 0.6) is 5.75 Å². The highest BCUT2D eigenvalue weighted by Gasteiger charge is 2.18. The molecule has 6 nitrogen and oxygen atoms in total. The van der Waals surface area contributed by atoms with Crippen molar-refractivity contribution in [3.8, 4) is 5.75 Å². The largest absolute Gasteiger partial charge is 0.493 e. The van der Waals surface area contributed by atoms with E-state index in [4.69, 9.17) is 4.74 Å². The predicted molar refractivity (Wildman–Crippen MR) is 153 cm³/mol. The van der Waals surface area contributed by atoms with Gasteiger partial charge in [0.15, 0.2) is 0 Å². The zero-order chi connectivity index (χ0) is 26.0. The van der Waals surface area contributed by atoms with Gasteiger partial charge in [-0.2, -0.15) is 0 Å². The van der Waals surface area contributed by atoms with Gasteiger partial charge in [-0.25, -0.2) is 0 Å². The van der Waals surface area contributed by atoms with Crippen molar-refractivity contribution in [2.45, 2.75) is 19.8 Å². The summed E-state index contributed by atoms with van der Waals surface area (Å²) >= 11 is 3.43. The first-order valence-electron chi connectivity index (χ1n) is 12.1. The molecular formula is C30H28BrN3O3. The van der Waals surface area contributed by atoms with Crippen LogP contribution in [0.4, 0.5) is 22.7 Å². The molecule has 0 radical (unpaired) electrons. The van der Waals surface area contributed by atoms with Crippen LogP contribution >= 0.6 is 15.9 Å². The molecule has 2 amide bonds. The van der Waals surface area contributed by atoms with Crippen LogP contribution in [0.25, 0.3) is 0 Å². The summed E-state index contributed by atoms with van der Waals surface area (Å²) in [6, 6.07) is 29.5. The SMILES string of the molecule is CCCCOc1ccc(Br)cc1C(=O)Nc1ccccc1C(=O)Nc1ccc(Nc2ccccc2)cc1. The highest BCUT2D eigenvalue weighted by atomic mass is 79.9. The highest BCUT2D eigenvalue weighted by Crippen LogP contribution is 2.26. The van der Waals surface area contributed by atoms with Gasteiger partial charge in [-0.15, -0.1) is 0 Å². The van der Waals surface area contributed by atoms with Gasteiger partial charge in [0.25, 0.3) is 11.8 Å². The Kier molecular flexibility index (Phi) is 8.94. The average molecular weight is 558 g/mol. The predicted octanol–water partition coefficient (Wildman–Crippen LogP) is 7.88. The maximum absolute atomic E-state index is 13.2. The van der Waals surface area contributed by atoms with Crippen LogP contribution in [0, 0.1) is 0 Å². The van der Waals surface area contributed by atoms with Crippen molar-refractivity contribution < 1.29 is 14.3 Å². The Balaban J connectivity index is 1.46. The van der Waals surface area contributed by atoms with Crippen molar-refractivity contribution in [3.05, 3.63) is 113 Å². The molecule has 0 aliphatic heterocycles. The van der Waals surface area contributed by atoms with E-state index in [1.807, 2.05) is 60.7 Å². The van der Waals surface area contributed by atoms with Crippen molar-refractivity contribution in [1.82, 2.24) is 0 Å². The van der Waals surface area contributed by atoms with Crippen LogP contribution in [0.1, 0.15) is 40.5 Å². The number of benzene rings is 4. The zero-order valence-electron chi connectivity index (χ0n) is 20.5. The molecule has 0 aromatic heterocycles. The minimum atomic E-state index is -0.357. The van der Waals surface area contributed by atoms with Gasteiger partial charge in [0, 0.05) is 21.5 Å². The lowest BCUT2D eigenvalue weighted by atomic mass is 10.1. The lowest BCUT2D eigenvalue weighted by molar-refractivity contribution is 0.102. The molecule has 188 valence electrons. The van der Waals surface area contributed by atoms with E-state index < -0.39 is 0 Å². The summed E-state index contributed by atoms with van der Waals surface area (Å²) in [5, 5.41) is 9.10. The molecule has 3 N–H and O–H groups in total. The van der Waals surface area contributed by atoms with Gasteiger partial charge in [-0.1, -0.05) is 59.6 Å². The number of amides is 2. The number of halogens is 1. The van der Waals surface area contributed by atoms with Gasteiger partial charge in [0.1, 0.15) is 5.75 Å². The molecule has 0 heterocycles. The third kappa shape index (κ3) is 7.21. The van der Waals surface area contributed by atoms with Gasteiger partial charge in [0.05, 0.1) is 23.4 Å². The Morgan fingerprint density at radius 2 is 1.38 bits per heavy atom. The summed E-state index contributed by atoms with van der Waals surface area (Å²) in [6.45, 7) is 2.60. The Labute approximate surface area is 225 Å². The number of carbonyl (C=O) groups excluding carboxylic acids is 2. The molecule has 0 aliphatic rings. The molecule has 0 aliphatic carbocycles. The van der Waals surface area contributed by atoms with Crippen LogP contribution in [0.15, 0.2) is 102 Å². The monoisotopic (exact) mass is 557 g/mol. The number of hydrogen-bond donors (Lipinski definition) is 3. The first kappa shape index (κ1) is 26.0. The summed E-state index contributed by atoms with van der Waals surface area (Å²) in [6.07, 6.45) is 1.89. The number of nitrogens with one attached hydrogen (secondary N) is 3. The van der Waals surface area contributed by atoms with E-state index in [2.05, 4.69) is 38.8 Å². The minimum absolute atomic E-state index is 0.326. The summed E-state index contributed by atoms with van der Waals surface area (Å²) in [7, 11) is 0. The second-order valence-electron chi connectivity index (χ2n) is 8.36. The molecule has 37 heavy (non-hydrogen) atoms. The molecule has 0 saturated carbocycles. The lowest BCUT2D eigenvalue weighted by Crippen LogP contribution is -2.19. The van der Waals surface area contributed by atoms with Gasteiger partial charge in [-0.05, 0) is 73.2 Å². The fraction of sp³-hybridized carbons (Fsp3) is 0.133. The molecule has 0 fully saturated rings. The van der Waals surface area contributed by atoms with Gasteiger partial charge < -0.3 is 20.7 Å². The molecule has 0 spiro atoms. The van der Waals surface area contributed by atoms with Gasteiger partial charge in [0.2, 0.25) is 0 Å². The molecule has 4 rings (SSSR count). The van der Waals surface area contributed by atoms with E-state index in [-0.39, 0.29) is 11.8 Å². The van der Waals surface area contributed by atoms with Crippen LogP contribution in [-0.4, -0.2) is 18.4 Å². The number of para-hydroxylation sites is 2. The standard InChI is InChI=1S/C30H28BrN3O3/c1-2-3-19-37-28-18-13-21(31)20-26(28)30(36)34-27-12-8-7-11-25(27)29(35)33-24-16-14-23(15-17-24)32-22-9-5-4-6-10-22/h4-18,20,32H,2-3,19H2,1H3,(H,33,35)(H,34,36). The second kappa shape index (κ2) is 12.7. The Morgan fingerprint density at radius 1 is 0.730 bits per heavy atom. The van der Waals surface area contributed by atoms with Crippen molar-refractivity contribution in [2.75, 3.05) is 22.6 Å². The summed E-state index contributed by atoms with van der Waals surface area (Å²) < 4.78 is 6.59. The summed E-state index contributed by atoms with van der Waals surface area (Å²) in [4.78, 5) is 26.3. The van der Waals surface area contributed by atoms with E-state index in [1.165, 1.54) is 0 Å². The third-order valence-corrected chi connectivity index (χ3v) is 6.06. The molecule has 0 bridgehead atoms. The molecule has 0 unspecified atom stereocenters. The number of anilines is 4. The van der Waals surface area contributed by atoms with Crippen LogP contribution < -0.4 is 20.7 Å². The summed E-state index contributed by atoms with van der Waals surface area (Å²) in [5.74, 6) is -0.182. The van der Waals surface area contributed by atoms with Crippen molar-refractivity contribution >= 4 is 50.5 Å². The maximum atomic E-state index is 13.2. The summed E-state index contributed by atoms with van der Waals surface area (Å²) in [5.41, 5.74) is 3.68. The topological polar surface area (TPSA) is 79.5 Å². The minimum Gasteiger partial charge on any atom is -0.493 e. The van der Waals surface area contributed by atoms with Crippen LogP contribution in [0.3, 0.4) is 0 Å². The van der Waals surface area contributed by atoms with Crippen molar-refractivity contribution in [3.63, 3.8) is 0 Å². The van der Waals surface area contributed by atoms with E-state index in [0.29, 0.717) is 34.9 Å². The molecule has 7 heteroatoms. The van der Waals surface area contributed by atoms with Crippen molar-refractivity contribution in [1.29, 1.82) is 0 Å². The zero-order valence-corrected chi connectivity index (χ0v) is 22.0. The smallest absolute Gasteiger partial charge is 0.259 e. The first-order chi connectivity index (χ1) is 18.0. The Morgan fingerprint density at radius 3 is 2.14 bits per heavy atom. The highest BCUT2D eigenvalue weighted by molar-refractivity contribution is 9.10. The number of ether oxygens (including phenoxy) is 1. The Bertz CT molecular complexity index is 1360. The van der Waals surface area contributed by atoms with Gasteiger partial charge >= 0.3 is 0 Å². The first-order valence-corrected chi connectivity index (χ1v) is 12.9. The molecule has 0 atom stereocenters. The maximum Gasteiger partial charge on any atom is 0.259 e. The van der Waals surface area contributed by atoms with E-state index >= 15 is 0 Å². The van der Waals surface area contributed by atoms with Crippen LogP contribution in [-0.2, 0) is 0 Å². The molecule has 4 aromatic rings. The number of rotatable bonds is 10. The average Bonchev–Trinajstić information content (AvgIpc) is 2.91. The van der Waals surface area contributed by atoms with Gasteiger partial charge in [-0.3, -0.25) is 9.59 Å². The van der Waals surface area contributed by atoms with E-state index in [0.717, 1.165) is 28.7 Å². The molecular weight excluding hydrogens is 530 g/mol.